The van der Waals surface area contributed by atoms with E-state index in [1.165, 1.54) is 6.42 Å². The topological polar surface area (TPSA) is 115 Å². The van der Waals surface area contributed by atoms with Crippen LogP contribution in [0.1, 0.15) is 19.3 Å². The van der Waals surface area contributed by atoms with E-state index in [0.717, 1.165) is 24.7 Å². The Kier molecular flexibility index (Phi) is 4.89. The number of hydrogen-bond acceptors (Lipinski definition) is 7. The van der Waals surface area contributed by atoms with Crippen molar-refractivity contribution >= 4 is 43.8 Å². The molecule has 0 radical (unpaired) electrons. The molecule has 10 heteroatoms. The summed E-state index contributed by atoms with van der Waals surface area (Å²) in [7, 11) is -3.72. The minimum absolute atomic E-state index is 0.0950. The molecule has 1 aromatic heterocycles. The van der Waals surface area contributed by atoms with Crippen molar-refractivity contribution in [1.82, 2.24) is 4.72 Å². The number of hydrogen-bond donors (Lipinski definition) is 2. The number of rotatable bonds is 5. The summed E-state index contributed by atoms with van der Waals surface area (Å²) >= 11 is 2.47. The molecular weight excluding hydrogens is 322 g/mol. The standard InChI is InChI=1S/C10H15N3O4S3/c11-10-8(13(14)15)5-9(19-10)20(16,17)12-6-7-3-1-2-4-18-7/h5,7,12H,1-4,6,11H2. The monoisotopic (exact) mass is 337 g/mol. The van der Waals surface area contributed by atoms with E-state index in [9.17, 15) is 18.5 Å². The van der Waals surface area contributed by atoms with Crippen LogP contribution in [-0.2, 0) is 10.0 Å². The molecule has 0 aliphatic carbocycles. The van der Waals surface area contributed by atoms with Crippen LogP contribution in [0, 0.1) is 10.1 Å². The molecule has 1 fully saturated rings. The summed E-state index contributed by atoms with van der Waals surface area (Å²) < 4.78 is 26.5. The van der Waals surface area contributed by atoms with E-state index in [1.54, 1.807) is 11.8 Å². The SMILES string of the molecule is Nc1sc(S(=O)(=O)NCC2CCCCS2)cc1[N+](=O)[O-]. The van der Waals surface area contributed by atoms with E-state index < -0.39 is 14.9 Å². The third kappa shape index (κ3) is 3.62. The minimum atomic E-state index is -3.72. The summed E-state index contributed by atoms with van der Waals surface area (Å²) in [4.78, 5) is 10.0. The Morgan fingerprint density at radius 1 is 1.50 bits per heavy atom. The number of nitrogens with one attached hydrogen (secondary N) is 1. The van der Waals surface area contributed by atoms with E-state index in [-0.39, 0.29) is 20.1 Å². The van der Waals surface area contributed by atoms with Gasteiger partial charge in [0, 0.05) is 17.9 Å². The number of thiophene rings is 1. The smallest absolute Gasteiger partial charge is 0.304 e. The van der Waals surface area contributed by atoms with Gasteiger partial charge in [0.1, 0.15) is 4.21 Å². The van der Waals surface area contributed by atoms with Gasteiger partial charge in [-0.15, -0.1) is 0 Å². The second kappa shape index (κ2) is 6.29. The Morgan fingerprint density at radius 2 is 2.25 bits per heavy atom. The van der Waals surface area contributed by atoms with E-state index in [0.29, 0.717) is 17.9 Å². The highest BCUT2D eigenvalue weighted by atomic mass is 32.2. The molecule has 0 aromatic carbocycles. The maximum absolute atomic E-state index is 12.1. The molecule has 0 saturated carbocycles. The molecule has 1 atom stereocenters. The number of nitro groups is 1. The number of nitrogens with zero attached hydrogens (tertiary/aromatic N) is 1. The molecule has 20 heavy (non-hydrogen) atoms. The molecule has 7 nitrogen and oxygen atoms in total. The normalized spacial score (nSPS) is 19.9. The Hall–Kier alpha value is -0.840. The van der Waals surface area contributed by atoms with Gasteiger partial charge in [-0.3, -0.25) is 10.1 Å². The Morgan fingerprint density at radius 3 is 2.80 bits per heavy atom. The lowest BCUT2D eigenvalue weighted by molar-refractivity contribution is -0.383. The van der Waals surface area contributed by atoms with E-state index in [2.05, 4.69) is 4.72 Å². The van der Waals surface area contributed by atoms with Crippen LogP contribution in [0.3, 0.4) is 0 Å². The van der Waals surface area contributed by atoms with Gasteiger partial charge in [-0.25, -0.2) is 13.1 Å². The van der Waals surface area contributed by atoms with Crippen LogP contribution >= 0.6 is 23.1 Å². The Labute approximate surface area is 125 Å². The first-order valence-electron chi connectivity index (χ1n) is 6.05. The summed E-state index contributed by atoms with van der Waals surface area (Å²) in [5.41, 5.74) is 5.10. The van der Waals surface area contributed by atoms with Crippen LogP contribution in [-0.4, -0.2) is 30.9 Å². The zero-order valence-electron chi connectivity index (χ0n) is 10.6. The molecule has 1 aliphatic heterocycles. The molecule has 1 aliphatic rings. The van der Waals surface area contributed by atoms with Crippen molar-refractivity contribution in [3.8, 4) is 0 Å². The van der Waals surface area contributed by atoms with Crippen LogP contribution in [0.2, 0.25) is 0 Å². The Bertz CT molecular complexity index is 593. The van der Waals surface area contributed by atoms with Crippen LogP contribution < -0.4 is 10.5 Å². The van der Waals surface area contributed by atoms with Gasteiger partial charge in [-0.1, -0.05) is 17.8 Å². The molecule has 1 unspecified atom stereocenters. The first-order chi connectivity index (χ1) is 9.40. The maximum atomic E-state index is 12.1. The van der Waals surface area contributed by atoms with Crippen molar-refractivity contribution in [2.24, 2.45) is 0 Å². The van der Waals surface area contributed by atoms with Crippen LogP contribution in [0.25, 0.3) is 0 Å². The van der Waals surface area contributed by atoms with E-state index in [4.69, 9.17) is 5.73 Å². The van der Waals surface area contributed by atoms with Gasteiger partial charge in [0.15, 0.2) is 5.00 Å². The van der Waals surface area contributed by atoms with Gasteiger partial charge >= 0.3 is 5.69 Å². The number of nitrogens with two attached hydrogens (primary N) is 1. The average molecular weight is 337 g/mol. The fraction of sp³-hybridized carbons (Fsp3) is 0.600. The van der Waals surface area contributed by atoms with Crippen molar-refractivity contribution in [2.45, 2.75) is 28.7 Å². The van der Waals surface area contributed by atoms with Crippen LogP contribution in [0.5, 0.6) is 0 Å². The molecule has 112 valence electrons. The number of sulfonamides is 1. The summed E-state index contributed by atoms with van der Waals surface area (Å²) in [5, 5.41) is 10.9. The fourth-order valence-electron chi connectivity index (χ4n) is 1.89. The molecule has 1 aromatic rings. The highest BCUT2D eigenvalue weighted by Gasteiger charge is 2.25. The lowest BCUT2D eigenvalue weighted by Crippen LogP contribution is -2.31. The lowest BCUT2D eigenvalue weighted by atomic mass is 10.2. The molecule has 0 spiro atoms. The van der Waals surface area contributed by atoms with Gasteiger partial charge in [-0.2, -0.15) is 11.8 Å². The zero-order valence-corrected chi connectivity index (χ0v) is 13.0. The third-order valence-electron chi connectivity index (χ3n) is 2.95. The van der Waals surface area contributed by atoms with Gasteiger partial charge in [-0.05, 0) is 18.6 Å². The quantitative estimate of drug-likeness (QED) is 0.625. The minimum Gasteiger partial charge on any atom is -0.385 e. The largest absolute Gasteiger partial charge is 0.385 e. The maximum Gasteiger partial charge on any atom is 0.304 e. The summed E-state index contributed by atoms with van der Waals surface area (Å²) in [5.74, 6) is 1.05. The molecule has 0 bridgehead atoms. The molecule has 2 heterocycles. The van der Waals surface area contributed by atoms with Crippen molar-refractivity contribution < 1.29 is 13.3 Å². The second-order valence-corrected chi connectivity index (χ2v) is 8.90. The van der Waals surface area contributed by atoms with Gasteiger partial charge in [0.2, 0.25) is 10.0 Å². The van der Waals surface area contributed by atoms with Crippen molar-refractivity contribution in [3.63, 3.8) is 0 Å². The zero-order chi connectivity index (χ0) is 14.8. The number of thioether (sulfide) groups is 1. The Balaban J connectivity index is 2.06. The highest BCUT2D eigenvalue weighted by Crippen LogP contribution is 2.34. The molecule has 1 saturated heterocycles. The van der Waals surface area contributed by atoms with Gasteiger partial charge < -0.3 is 5.73 Å². The molecular formula is C10H15N3O4S3. The fourth-order valence-corrected chi connectivity index (χ4v) is 5.57. The highest BCUT2D eigenvalue weighted by molar-refractivity contribution is 8.00. The van der Waals surface area contributed by atoms with Crippen molar-refractivity contribution in [2.75, 3.05) is 18.0 Å². The van der Waals surface area contributed by atoms with Gasteiger partial charge in [0.05, 0.1) is 4.92 Å². The molecule has 0 amide bonds. The summed E-state index contributed by atoms with van der Waals surface area (Å²) in [6, 6.07) is 1.01. The average Bonchev–Trinajstić information content (AvgIpc) is 2.81. The van der Waals surface area contributed by atoms with Crippen molar-refractivity contribution in [1.29, 1.82) is 0 Å². The van der Waals surface area contributed by atoms with Crippen LogP contribution in [0.4, 0.5) is 10.7 Å². The number of nitrogen functional groups attached to an aromatic ring is 1. The molecule has 3 N–H and O–H groups in total. The van der Waals surface area contributed by atoms with Gasteiger partial charge in [0.25, 0.3) is 0 Å². The first-order valence-corrected chi connectivity index (χ1v) is 9.40. The van der Waals surface area contributed by atoms with Crippen molar-refractivity contribution in [3.05, 3.63) is 16.2 Å². The summed E-state index contributed by atoms with van der Waals surface area (Å²) in [6.07, 6.45) is 3.26. The molecule has 2 rings (SSSR count). The van der Waals surface area contributed by atoms with E-state index >= 15 is 0 Å². The predicted molar refractivity (Wildman–Crippen MR) is 80.7 cm³/mol. The van der Waals surface area contributed by atoms with E-state index in [1.807, 2.05) is 0 Å². The first kappa shape index (κ1) is 15.5. The number of anilines is 1. The second-order valence-electron chi connectivity index (χ2n) is 4.41. The van der Waals surface area contributed by atoms with Crippen LogP contribution in [0.15, 0.2) is 10.3 Å². The predicted octanol–water partition coefficient (Wildman–Crippen LogP) is 1.80. The summed E-state index contributed by atoms with van der Waals surface area (Å²) in [6.45, 7) is 0.346. The lowest BCUT2D eigenvalue weighted by Gasteiger charge is -2.21. The third-order valence-corrected chi connectivity index (χ3v) is 7.20.